The van der Waals surface area contributed by atoms with Crippen molar-refractivity contribution in [2.24, 2.45) is 0 Å². The number of hydrogen-bond donors (Lipinski definition) is 1. The first-order valence-electron chi connectivity index (χ1n) is 5.74. The molecule has 15 heavy (non-hydrogen) atoms. The van der Waals surface area contributed by atoms with Gasteiger partial charge in [-0.25, -0.2) is 0 Å². The summed E-state index contributed by atoms with van der Waals surface area (Å²) in [6.07, 6.45) is 6.77. The van der Waals surface area contributed by atoms with Gasteiger partial charge in [0, 0.05) is 11.5 Å². The van der Waals surface area contributed by atoms with Crippen LogP contribution in [0.2, 0.25) is 0 Å². The molecule has 0 unspecified atom stereocenters. The lowest BCUT2D eigenvalue weighted by molar-refractivity contribution is 0.514. The van der Waals surface area contributed by atoms with E-state index in [1.807, 2.05) is 0 Å². The molecule has 0 bridgehead atoms. The van der Waals surface area contributed by atoms with Crippen LogP contribution in [-0.4, -0.2) is 16.4 Å². The van der Waals surface area contributed by atoms with Crippen LogP contribution in [0.15, 0.2) is 0 Å². The Bertz CT molecular complexity index is 172. The minimum Gasteiger partial charge on any atom is -0.329 e. The SMILES string of the molecule is CCCCCSP(=O)(O)SCCCCC. The largest absolute Gasteiger partial charge is 0.329 e. The highest BCUT2D eigenvalue weighted by Gasteiger charge is 2.18. The van der Waals surface area contributed by atoms with Crippen molar-refractivity contribution in [3.63, 3.8) is 0 Å². The van der Waals surface area contributed by atoms with Gasteiger partial charge in [0.15, 0.2) is 0 Å². The van der Waals surface area contributed by atoms with Crippen molar-refractivity contribution in [3.05, 3.63) is 0 Å². The minimum atomic E-state index is -2.94. The highest BCUT2D eigenvalue weighted by atomic mass is 33.1. The van der Waals surface area contributed by atoms with Gasteiger partial charge < -0.3 is 4.89 Å². The van der Waals surface area contributed by atoms with E-state index in [0.29, 0.717) is 0 Å². The van der Waals surface area contributed by atoms with Crippen LogP contribution in [0.1, 0.15) is 52.4 Å². The highest BCUT2D eigenvalue weighted by Crippen LogP contribution is 2.65. The summed E-state index contributed by atoms with van der Waals surface area (Å²) >= 11 is 2.50. The average Bonchev–Trinajstić information content (AvgIpc) is 2.20. The van der Waals surface area contributed by atoms with E-state index in [4.69, 9.17) is 0 Å². The van der Waals surface area contributed by atoms with E-state index in [1.165, 1.54) is 35.6 Å². The smallest absolute Gasteiger partial charge is 0.310 e. The maximum absolute atomic E-state index is 11.6. The Hall–Kier alpha value is 0.890. The van der Waals surface area contributed by atoms with E-state index in [0.717, 1.165) is 37.2 Å². The Kier molecular flexibility index (Phi) is 10.7. The van der Waals surface area contributed by atoms with Crippen LogP contribution < -0.4 is 0 Å². The number of rotatable bonds is 10. The summed E-state index contributed by atoms with van der Waals surface area (Å²) < 4.78 is 11.6. The van der Waals surface area contributed by atoms with Crippen LogP contribution in [0.4, 0.5) is 0 Å². The Labute approximate surface area is 102 Å². The van der Waals surface area contributed by atoms with Crippen LogP contribution in [-0.2, 0) is 4.57 Å². The predicted molar refractivity (Wildman–Crippen MR) is 73.8 cm³/mol. The van der Waals surface area contributed by atoms with Crippen molar-refractivity contribution in [2.75, 3.05) is 11.5 Å². The summed E-state index contributed by atoms with van der Waals surface area (Å²) in [6, 6.07) is 0. The van der Waals surface area contributed by atoms with E-state index in [2.05, 4.69) is 13.8 Å². The Balaban J connectivity index is 3.45. The maximum atomic E-state index is 11.6. The molecule has 0 saturated carbocycles. The maximum Gasteiger partial charge on any atom is 0.310 e. The lowest BCUT2D eigenvalue weighted by Gasteiger charge is -2.09. The zero-order valence-electron chi connectivity index (χ0n) is 9.78. The normalized spacial score (nSPS) is 11.9. The summed E-state index contributed by atoms with van der Waals surface area (Å²) in [5.41, 5.74) is 0. The second kappa shape index (κ2) is 10.1. The van der Waals surface area contributed by atoms with Gasteiger partial charge in [0.2, 0.25) is 0 Å². The predicted octanol–water partition coefficient (Wildman–Crippen LogP) is 4.93. The lowest BCUT2D eigenvalue weighted by Crippen LogP contribution is -1.82. The molecule has 1 N–H and O–H groups in total. The molecule has 0 aromatic heterocycles. The molecule has 0 spiro atoms. The fourth-order valence-corrected chi connectivity index (χ4v) is 6.70. The standard InChI is InChI=1S/C10H23O2PS2/c1-3-5-7-9-14-13(11,12)15-10-8-6-4-2/h3-10H2,1-2H3,(H,11,12). The van der Waals surface area contributed by atoms with Crippen molar-refractivity contribution in [1.29, 1.82) is 0 Å². The molecule has 0 heterocycles. The molecule has 0 radical (unpaired) electrons. The zero-order valence-corrected chi connectivity index (χ0v) is 12.3. The molecular weight excluding hydrogens is 247 g/mol. The monoisotopic (exact) mass is 270 g/mol. The van der Waals surface area contributed by atoms with Gasteiger partial charge in [-0.2, -0.15) is 0 Å². The van der Waals surface area contributed by atoms with Crippen LogP contribution in [0.25, 0.3) is 0 Å². The van der Waals surface area contributed by atoms with Crippen LogP contribution >= 0.6 is 28.5 Å². The first-order valence-corrected chi connectivity index (χ1v) is 10.6. The summed E-state index contributed by atoms with van der Waals surface area (Å²) in [5, 5.41) is 0. The molecule has 0 aliphatic rings. The molecule has 0 aromatic carbocycles. The third-order valence-corrected chi connectivity index (χ3v) is 8.55. The fraction of sp³-hybridized carbons (Fsp3) is 1.00. The minimum absolute atomic E-state index is 0.822. The Morgan fingerprint density at radius 1 is 0.933 bits per heavy atom. The molecule has 5 heteroatoms. The van der Waals surface area contributed by atoms with Gasteiger partial charge in [0.05, 0.1) is 0 Å². The molecule has 2 nitrogen and oxygen atoms in total. The topological polar surface area (TPSA) is 37.3 Å². The molecule has 0 aromatic rings. The van der Waals surface area contributed by atoms with Gasteiger partial charge >= 0.3 is 5.77 Å². The van der Waals surface area contributed by atoms with Crippen molar-refractivity contribution < 1.29 is 9.46 Å². The molecule has 0 fully saturated rings. The number of unbranched alkanes of at least 4 members (excludes halogenated alkanes) is 4. The second-order valence-corrected chi connectivity index (χ2v) is 11.0. The summed E-state index contributed by atoms with van der Waals surface area (Å²) in [4.78, 5) is 9.59. The van der Waals surface area contributed by atoms with Gasteiger partial charge in [-0.1, -0.05) is 62.3 Å². The zero-order chi connectivity index (χ0) is 11.6. The fourth-order valence-electron chi connectivity index (χ4n) is 1.10. The highest BCUT2D eigenvalue weighted by molar-refractivity contribution is 8.88. The van der Waals surface area contributed by atoms with E-state index in [1.54, 1.807) is 0 Å². The van der Waals surface area contributed by atoms with Crippen LogP contribution in [0, 0.1) is 0 Å². The Morgan fingerprint density at radius 2 is 1.33 bits per heavy atom. The van der Waals surface area contributed by atoms with Crippen LogP contribution in [0.3, 0.4) is 0 Å². The summed E-state index contributed by atoms with van der Waals surface area (Å²) in [6.45, 7) is 4.28. The van der Waals surface area contributed by atoms with E-state index in [-0.39, 0.29) is 0 Å². The molecule has 0 aliphatic carbocycles. The van der Waals surface area contributed by atoms with Crippen LogP contribution in [0.5, 0.6) is 0 Å². The summed E-state index contributed by atoms with van der Waals surface area (Å²) in [5.74, 6) is -1.30. The molecule has 0 atom stereocenters. The van der Waals surface area contributed by atoms with E-state index < -0.39 is 5.77 Å². The summed E-state index contributed by atoms with van der Waals surface area (Å²) in [7, 11) is 0. The van der Waals surface area contributed by atoms with E-state index >= 15 is 0 Å². The first-order chi connectivity index (χ1) is 7.12. The quantitative estimate of drug-likeness (QED) is 0.451. The first kappa shape index (κ1) is 15.9. The Morgan fingerprint density at radius 3 is 1.67 bits per heavy atom. The molecule has 0 rings (SSSR count). The third kappa shape index (κ3) is 11.2. The number of hydrogen-bond acceptors (Lipinski definition) is 3. The van der Waals surface area contributed by atoms with Crippen molar-refractivity contribution in [1.82, 2.24) is 0 Å². The van der Waals surface area contributed by atoms with Crippen molar-refractivity contribution in [3.8, 4) is 0 Å². The van der Waals surface area contributed by atoms with Gasteiger partial charge in [-0.15, -0.1) is 0 Å². The lowest BCUT2D eigenvalue weighted by atomic mass is 10.3. The van der Waals surface area contributed by atoms with Gasteiger partial charge in [0.25, 0.3) is 0 Å². The molecule has 0 aliphatic heterocycles. The van der Waals surface area contributed by atoms with Gasteiger partial charge in [-0.05, 0) is 12.8 Å². The molecule has 92 valence electrons. The molecule has 0 saturated heterocycles. The second-order valence-electron chi connectivity index (χ2n) is 3.55. The molecular formula is C10H23O2PS2. The van der Waals surface area contributed by atoms with Crippen molar-refractivity contribution in [2.45, 2.75) is 52.4 Å². The van der Waals surface area contributed by atoms with E-state index in [9.17, 15) is 9.46 Å². The average molecular weight is 270 g/mol. The molecule has 0 amide bonds. The van der Waals surface area contributed by atoms with Gasteiger partial charge in [-0.3, -0.25) is 4.57 Å². The third-order valence-electron chi connectivity index (χ3n) is 2.00. The van der Waals surface area contributed by atoms with Crippen molar-refractivity contribution >= 4 is 28.5 Å². The van der Waals surface area contributed by atoms with Gasteiger partial charge in [0.1, 0.15) is 0 Å².